The van der Waals surface area contributed by atoms with Crippen LogP contribution in [-0.4, -0.2) is 25.3 Å². The van der Waals surface area contributed by atoms with Crippen LogP contribution in [0.2, 0.25) is 0 Å². The van der Waals surface area contributed by atoms with Gasteiger partial charge in [0.25, 0.3) is 5.56 Å². The summed E-state index contributed by atoms with van der Waals surface area (Å²) in [5, 5.41) is 5.00. The molecule has 0 aliphatic rings. The highest BCUT2D eigenvalue weighted by Gasteiger charge is 2.31. The molecule has 0 radical (unpaired) electrons. The van der Waals surface area contributed by atoms with Crippen molar-refractivity contribution in [2.24, 2.45) is 7.05 Å². The highest BCUT2D eigenvalue weighted by atomic mass is 19.4. The van der Waals surface area contributed by atoms with Crippen molar-refractivity contribution in [2.45, 2.75) is 26.3 Å². The summed E-state index contributed by atoms with van der Waals surface area (Å²) < 4.78 is 46.2. The van der Waals surface area contributed by atoms with Crippen molar-refractivity contribution in [2.75, 3.05) is 0 Å². The molecular formula is C21H19F3N4O2. The van der Waals surface area contributed by atoms with E-state index in [0.717, 1.165) is 16.5 Å². The maximum Gasteiger partial charge on any atom is 0.573 e. The number of benzene rings is 1. The highest BCUT2D eigenvalue weighted by Crippen LogP contribution is 2.30. The van der Waals surface area contributed by atoms with E-state index in [1.807, 2.05) is 36.9 Å². The van der Waals surface area contributed by atoms with Crippen LogP contribution in [0.15, 0.2) is 59.9 Å². The summed E-state index contributed by atoms with van der Waals surface area (Å²) in [7, 11) is 1.80. The van der Waals surface area contributed by atoms with E-state index in [-0.39, 0.29) is 17.4 Å². The Hall–Kier alpha value is -3.49. The van der Waals surface area contributed by atoms with E-state index in [1.165, 1.54) is 28.8 Å². The maximum atomic E-state index is 13.3. The second-order valence-electron chi connectivity index (χ2n) is 7.24. The van der Waals surface area contributed by atoms with Crippen molar-refractivity contribution in [3.8, 4) is 22.6 Å². The van der Waals surface area contributed by atoms with E-state index >= 15 is 0 Å². The van der Waals surface area contributed by atoms with Gasteiger partial charge >= 0.3 is 6.36 Å². The molecule has 0 aliphatic carbocycles. The summed E-state index contributed by atoms with van der Waals surface area (Å²) in [6, 6.07) is 7.16. The first-order chi connectivity index (χ1) is 14.1. The summed E-state index contributed by atoms with van der Waals surface area (Å²) in [6.45, 7) is 3.95. The molecule has 30 heavy (non-hydrogen) atoms. The van der Waals surface area contributed by atoms with Crippen molar-refractivity contribution < 1.29 is 17.9 Å². The van der Waals surface area contributed by atoms with Crippen LogP contribution in [0.25, 0.3) is 27.7 Å². The summed E-state index contributed by atoms with van der Waals surface area (Å²) >= 11 is 0. The number of halogens is 3. The first kappa shape index (κ1) is 19.8. The molecule has 6 nitrogen and oxygen atoms in total. The number of fused-ring (bicyclic) bond motifs is 1. The van der Waals surface area contributed by atoms with Gasteiger partial charge in [-0.3, -0.25) is 14.0 Å². The zero-order valence-electron chi connectivity index (χ0n) is 16.5. The Morgan fingerprint density at radius 2 is 1.77 bits per heavy atom. The summed E-state index contributed by atoms with van der Waals surface area (Å²) in [6.07, 6.45) is 2.32. The number of aromatic nitrogens is 4. The molecule has 0 atom stereocenters. The fraction of sp³-hybridized carbons (Fsp3) is 0.238. The van der Waals surface area contributed by atoms with E-state index in [4.69, 9.17) is 0 Å². The Morgan fingerprint density at radius 1 is 1.07 bits per heavy atom. The normalized spacial score (nSPS) is 12.1. The molecule has 0 bridgehead atoms. The average Bonchev–Trinajstić information content (AvgIpc) is 3.29. The largest absolute Gasteiger partial charge is 0.573 e. The molecule has 0 unspecified atom stereocenters. The van der Waals surface area contributed by atoms with Gasteiger partial charge in [0.15, 0.2) is 0 Å². The van der Waals surface area contributed by atoms with Crippen LogP contribution >= 0.6 is 0 Å². The van der Waals surface area contributed by atoms with Crippen molar-refractivity contribution >= 4 is 10.9 Å². The van der Waals surface area contributed by atoms with E-state index in [2.05, 4.69) is 9.84 Å². The third kappa shape index (κ3) is 3.58. The molecule has 0 saturated heterocycles. The number of aryl methyl sites for hydroxylation is 1. The van der Waals surface area contributed by atoms with Gasteiger partial charge < -0.3 is 9.30 Å². The minimum absolute atomic E-state index is 0.0513. The van der Waals surface area contributed by atoms with Gasteiger partial charge in [-0.25, -0.2) is 0 Å². The smallest absolute Gasteiger partial charge is 0.406 e. The van der Waals surface area contributed by atoms with Gasteiger partial charge in [0.1, 0.15) is 11.3 Å². The van der Waals surface area contributed by atoms with Crippen molar-refractivity contribution in [1.82, 2.24) is 18.9 Å². The molecule has 0 amide bonds. The van der Waals surface area contributed by atoms with E-state index < -0.39 is 6.36 Å². The molecule has 0 saturated carbocycles. The standard InChI is InChI=1S/C21H19F3N4O2/c1-13(2)27-9-8-17-18(14-10-25-26(3)11-14)12-28(20(29)19(17)27)15-4-6-16(7-5-15)30-21(22,23)24/h4-13H,1-3H3. The van der Waals surface area contributed by atoms with E-state index in [0.29, 0.717) is 11.2 Å². The Bertz CT molecular complexity index is 1260. The van der Waals surface area contributed by atoms with Crippen molar-refractivity contribution in [3.05, 3.63) is 65.5 Å². The molecule has 1 aromatic carbocycles. The third-order valence-corrected chi connectivity index (χ3v) is 4.81. The number of rotatable bonds is 4. The molecule has 9 heteroatoms. The molecule has 0 fully saturated rings. The molecule has 3 aromatic heterocycles. The Morgan fingerprint density at radius 3 is 2.33 bits per heavy atom. The van der Waals surface area contributed by atoms with Crippen LogP contribution in [0.3, 0.4) is 0 Å². The first-order valence-corrected chi connectivity index (χ1v) is 9.25. The van der Waals surface area contributed by atoms with Gasteiger partial charge in [-0.1, -0.05) is 0 Å². The van der Waals surface area contributed by atoms with Gasteiger partial charge in [-0.05, 0) is 44.2 Å². The number of hydrogen-bond acceptors (Lipinski definition) is 3. The van der Waals surface area contributed by atoms with Crippen molar-refractivity contribution in [3.63, 3.8) is 0 Å². The lowest BCUT2D eigenvalue weighted by Gasteiger charge is -2.14. The maximum absolute atomic E-state index is 13.3. The highest BCUT2D eigenvalue weighted by molar-refractivity contribution is 5.94. The summed E-state index contributed by atoms with van der Waals surface area (Å²) in [4.78, 5) is 13.3. The molecule has 0 spiro atoms. The van der Waals surface area contributed by atoms with Gasteiger partial charge in [-0.2, -0.15) is 5.10 Å². The van der Waals surface area contributed by atoms with Crippen LogP contribution in [0, 0.1) is 0 Å². The molecule has 4 rings (SSSR count). The topological polar surface area (TPSA) is 54.0 Å². The number of ether oxygens (including phenoxy) is 1. The first-order valence-electron chi connectivity index (χ1n) is 9.25. The molecule has 4 aromatic rings. The fourth-order valence-electron chi connectivity index (χ4n) is 3.48. The van der Waals surface area contributed by atoms with E-state index in [1.54, 1.807) is 24.1 Å². The Kier molecular flexibility index (Phi) is 4.68. The van der Waals surface area contributed by atoms with Crippen LogP contribution in [-0.2, 0) is 7.05 Å². The minimum Gasteiger partial charge on any atom is -0.406 e. The van der Waals surface area contributed by atoms with E-state index in [9.17, 15) is 18.0 Å². The SMILES string of the molecule is CC(C)n1ccc2c(-c3cnn(C)c3)cn(-c3ccc(OC(F)(F)F)cc3)c(=O)c21. The Balaban J connectivity index is 1.93. The molecule has 3 heterocycles. The van der Waals surface area contributed by atoms with Gasteiger partial charge in [-0.15, -0.1) is 13.2 Å². The lowest BCUT2D eigenvalue weighted by Crippen LogP contribution is -2.21. The molecular weight excluding hydrogens is 397 g/mol. The lowest BCUT2D eigenvalue weighted by molar-refractivity contribution is -0.274. The van der Waals surface area contributed by atoms with Gasteiger partial charge in [0, 0.05) is 53.9 Å². The predicted molar refractivity (Wildman–Crippen MR) is 107 cm³/mol. The summed E-state index contributed by atoms with van der Waals surface area (Å²) in [5.74, 6) is -0.349. The fourth-order valence-corrected chi connectivity index (χ4v) is 3.48. The molecule has 0 aliphatic heterocycles. The predicted octanol–water partition coefficient (Wildman–Crippen LogP) is 4.67. The lowest BCUT2D eigenvalue weighted by atomic mass is 10.1. The summed E-state index contributed by atoms with van der Waals surface area (Å²) in [5.41, 5.74) is 2.31. The monoisotopic (exact) mass is 416 g/mol. The second-order valence-corrected chi connectivity index (χ2v) is 7.24. The quantitative estimate of drug-likeness (QED) is 0.486. The number of alkyl halides is 3. The Labute approximate surface area is 169 Å². The van der Waals surface area contributed by atoms with Crippen LogP contribution in [0.5, 0.6) is 5.75 Å². The van der Waals surface area contributed by atoms with Crippen LogP contribution in [0.4, 0.5) is 13.2 Å². The zero-order valence-corrected chi connectivity index (χ0v) is 16.5. The van der Waals surface area contributed by atoms with Gasteiger partial charge in [0.2, 0.25) is 0 Å². The van der Waals surface area contributed by atoms with Gasteiger partial charge in [0.05, 0.1) is 6.20 Å². The molecule has 0 N–H and O–H groups in total. The van der Waals surface area contributed by atoms with Crippen LogP contribution in [0.1, 0.15) is 19.9 Å². The number of hydrogen-bond donors (Lipinski definition) is 0. The number of nitrogens with zero attached hydrogens (tertiary/aromatic N) is 4. The number of pyridine rings is 1. The molecule has 156 valence electrons. The zero-order chi connectivity index (χ0) is 21.6. The third-order valence-electron chi connectivity index (χ3n) is 4.81. The minimum atomic E-state index is -4.77. The van der Waals surface area contributed by atoms with Crippen molar-refractivity contribution in [1.29, 1.82) is 0 Å². The average molecular weight is 416 g/mol. The second kappa shape index (κ2) is 7.08. The van der Waals surface area contributed by atoms with Crippen LogP contribution < -0.4 is 10.3 Å².